The van der Waals surface area contributed by atoms with E-state index in [0.717, 1.165) is 0 Å². The Hall–Kier alpha value is -5.01. The van der Waals surface area contributed by atoms with Gasteiger partial charge in [-0.15, -0.1) is 0 Å². The second-order valence-electron chi connectivity index (χ2n) is 9.76. The minimum Gasteiger partial charge on any atom is -0.494 e. The zero-order valence-corrected chi connectivity index (χ0v) is 22.1. The van der Waals surface area contributed by atoms with Crippen LogP contribution >= 0.6 is 0 Å². The van der Waals surface area contributed by atoms with Crippen molar-refractivity contribution in [3.63, 3.8) is 0 Å². The van der Waals surface area contributed by atoms with Gasteiger partial charge in [0.1, 0.15) is 23.8 Å². The van der Waals surface area contributed by atoms with Crippen LogP contribution in [0.3, 0.4) is 0 Å². The van der Waals surface area contributed by atoms with E-state index in [-0.39, 0.29) is 25.5 Å². The van der Waals surface area contributed by atoms with Gasteiger partial charge in [-0.25, -0.2) is 23.5 Å². The predicted octanol–water partition coefficient (Wildman–Crippen LogP) is 3.38. The molecule has 5 aromatic rings. The maximum absolute atomic E-state index is 14.4. The number of rotatable bonds is 8. The van der Waals surface area contributed by atoms with Crippen LogP contribution in [0.5, 0.6) is 5.75 Å². The Bertz CT molecular complexity index is 1800. The van der Waals surface area contributed by atoms with E-state index in [4.69, 9.17) is 24.3 Å². The molecular weight excluding hydrogens is 540 g/mol. The van der Waals surface area contributed by atoms with E-state index in [1.54, 1.807) is 29.8 Å². The maximum atomic E-state index is 14.4. The molecule has 6 rings (SSSR count). The molecule has 12 nitrogen and oxygen atoms in total. The fraction of sp³-hybridized carbons (Fsp3) is 0.296. The third-order valence-electron chi connectivity index (χ3n) is 7.19. The summed E-state index contributed by atoms with van der Waals surface area (Å²) in [5.74, 6) is 0.595. The Labute approximate surface area is 231 Å². The number of hydrogen-bond donors (Lipinski definition) is 2. The van der Waals surface area contributed by atoms with E-state index >= 15 is 0 Å². The van der Waals surface area contributed by atoms with Crippen molar-refractivity contribution in [1.82, 2.24) is 34.5 Å². The first-order valence-electron chi connectivity index (χ1n) is 12.7. The van der Waals surface area contributed by atoms with E-state index in [9.17, 15) is 18.4 Å². The monoisotopic (exact) mass is 565 g/mol. The molecule has 5 heterocycles. The number of pyridine rings is 1. The zero-order valence-electron chi connectivity index (χ0n) is 22.1. The minimum atomic E-state index is -1.36. The Balaban J connectivity index is 1.44. The smallest absolute Gasteiger partial charge is 0.405 e. The molecule has 0 bridgehead atoms. The maximum Gasteiger partial charge on any atom is 0.405 e. The molecule has 1 aliphatic rings. The molecular formula is C27H25F2N7O5. The van der Waals surface area contributed by atoms with E-state index in [1.165, 1.54) is 30.3 Å². The van der Waals surface area contributed by atoms with Gasteiger partial charge in [-0.3, -0.25) is 4.79 Å². The summed E-state index contributed by atoms with van der Waals surface area (Å²) in [7, 11) is 3.27. The van der Waals surface area contributed by atoms with Crippen molar-refractivity contribution in [2.75, 3.05) is 26.9 Å². The first-order valence-corrected chi connectivity index (χ1v) is 12.7. The lowest BCUT2D eigenvalue weighted by atomic mass is 10.0. The molecule has 0 saturated heterocycles. The Kier molecular flexibility index (Phi) is 6.52. The van der Waals surface area contributed by atoms with Gasteiger partial charge in [0.05, 0.1) is 48.4 Å². The van der Waals surface area contributed by atoms with Crippen molar-refractivity contribution >= 4 is 34.1 Å². The second-order valence-corrected chi connectivity index (χ2v) is 9.76. The standard InChI is InChI=1S/C27H25F2N7O5/c1-34-24-20(10-18-19(32-24)4-6-35(26(18)37)12-16(11-28)31-27(38)39)33-25(34)21-8-14-7-15(29)9-22(40-2)23(14)36(21)13-17-3-5-30-41-17/h3,5,7-10,16,31H,4,6,11-13H2,1-2H3,(H,38,39). The number of nitrogens with one attached hydrogen (secondary N) is 1. The van der Waals surface area contributed by atoms with Gasteiger partial charge in [0.15, 0.2) is 17.2 Å². The molecule has 41 heavy (non-hydrogen) atoms. The average molecular weight is 566 g/mol. The van der Waals surface area contributed by atoms with Crippen molar-refractivity contribution in [1.29, 1.82) is 0 Å². The highest BCUT2D eigenvalue weighted by Crippen LogP contribution is 2.36. The predicted molar refractivity (Wildman–Crippen MR) is 142 cm³/mol. The van der Waals surface area contributed by atoms with Gasteiger partial charge in [0.25, 0.3) is 5.91 Å². The number of methoxy groups -OCH3 is 1. The van der Waals surface area contributed by atoms with E-state index < -0.39 is 24.6 Å². The highest BCUT2D eigenvalue weighted by atomic mass is 19.1. The molecule has 14 heteroatoms. The van der Waals surface area contributed by atoms with Crippen LogP contribution in [0.25, 0.3) is 33.6 Å². The molecule has 2 N–H and O–H groups in total. The van der Waals surface area contributed by atoms with Crippen LogP contribution in [0.4, 0.5) is 13.6 Å². The number of amides is 2. The fourth-order valence-corrected chi connectivity index (χ4v) is 5.34. The Morgan fingerprint density at radius 3 is 2.80 bits per heavy atom. The summed E-state index contributed by atoms with van der Waals surface area (Å²) in [6, 6.07) is 6.86. The van der Waals surface area contributed by atoms with Gasteiger partial charge in [-0.2, -0.15) is 0 Å². The van der Waals surface area contributed by atoms with E-state index in [1.807, 2.05) is 4.57 Å². The summed E-state index contributed by atoms with van der Waals surface area (Å²) in [6.07, 6.45) is 0.587. The van der Waals surface area contributed by atoms with Gasteiger partial charge < -0.3 is 33.7 Å². The Morgan fingerprint density at radius 1 is 1.27 bits per heavy atom. The van der Waals surface area contributed by atoms with Gasteiger partial charge in [0, 0.05) is 44.1 Å². The van der Waals surface area contributed by atoms with Crippen molar-refractivity contribution in [3.8, 4) is 17.3 Å². The summed E-state index contributed by atoms with van der Waals surface area (Å²) in [5, 5.41) is 15.4. The number of hydrogen-bond acceptors (Lipinski definition) is 7. The number of aryl methyl sites for hydroxylation is 1. The molecule has 0 fully saturated rings. The normalized spacial score (nSPS) is 14.0. The minimum absolute atomic E-state index is 0.104. The number of benzene rings is 1. The summed E-state index contributed by atoms with van der Waals surface area (Å²) in [4.78, 5) is 35.2. The van der Waals surface area contributed by atoms with Gasteiger partial charge in [-0.05, 0) is 18.2 Å². The van der Waals surface area contributed by atoms with Crippen LogP contribution in [-0.2, 0) is 20.0 Å². The first-order chi connectivity index (χ1) is 19.8. The second kappa shape index (κ2) is 10.2. The van der Waals surface area contributed by atoms with Crippen LogP contribution in [0.2, 0.25) is 0 Å². The third kappa shape index (κ3) is 4.60. The van der Waals surface area contributed by atoms with Crippen LogP contribution in [0, 0.1) is 5.82 Å². The number of carboxylic acid groups (broad SMARTS) is 1. The zero-order chi connectivity index (χ0) is 28.8. The Morgan fingerprint density at radius 2 is 2.10 bits per heavy atom. The van der Waals surface area contributed by atoms with Crippen LogP contribution < -0.4 is 10.1 Å². The molecule has 0 spiro atoms. The number of aromatic nitrogens is 5. The number of fused-ring (bicyclic) bond motifs is 3. The number of carbonyl (C=O) groups is 2. The summed E-state index contributed by atoms with van der Waals surface area (Å²) < 4.78 is 42.4. The van der Waals surface area contributed by atoms with Gasteiger partial charge >= 0.3 is 6.09 Å². The number of ether oxygens (including phenoxy) is 1. The van der Waals surface area contributed by atoms with Gasteiger partial charge in [-0.1, -0.05) is 5.16 Å². The van der Waals surface area contributed by atoms with E-state index in [2.05, 4.69) is 10.5 Å². The lowest BCUT2D eigenvalue weighted by molar-refractivity contribution is 0.0712. The number of nitrogens with zero attached hydrogens (tertiary/aromatic N) is 6. The molecule has 1 unspecified atom stereocenters. The fourth-order valence-electron chi connectivity index (χ4n) is 5.34. The number of alkyl halides is 1. The molecule has 4 aromatic heterocycles. The summed E-state index contributed by atoms with van der Waals surface area (Å²) in [5.41, 5.74) is 3.18. The topological polar surface area (TPSA) is 141 Å². The van der Waals surface area contributed by atoms with Crippen LogP contribution in [0.1, 0.15) is 21.8 Å². The molecule has 0 saturated carbocycles. The average Bonchev–Trinajstić information content (AvgIpc) is 3.67. The van der Waals surface area contributed by atoms with Crippen molar-refractivity contribution < 1.29 is 32.7 Å². The molecule has 0 radical (unpaired) electrons. The lowest BCUT2D eigenvalue weighted by Gasteiger charge is -2.30. The van der Waals surface area contributed by atoms with E-state index in [0.29, 0.717) is 62.8 Å². The molecule has 0 aliphatic carbocycles. The van der Waals surface area contributed by atoms with Gasteiger partial charge in [0.2, 0.25) is 0 Å². The van der Waals surface area contributed by atoms with Crippen molar-refractivity contribution in [3.05, 3.63) is 59.4 Å². The van der Waals surface area contributed by atoms with Crippen molar-refractivity contribution in [2.24, 2.45) is 7.05 Å². The SMILES string of the molecule is COc1cc(F)cc2cc(-c3nc4cc5c(nc4n3C)CCN(CC(CF)NC(=O)O)C5=O)n(Cc3ccno3)c12. The largest absolute Gasteiger partial charge is 0.494 e. The van der Waals surface area contributed by atoms with Crippen LogP contribution in [-0.4, -0.2) is 79.2 Å². The van der Waals surface area contributed by atoms with Crippen molar-refractivity contribution in [2.45, 2.75) is 19.0 Å². The molecule has 1 aliphatic heterocycles. The molecule has 1 aromatic carbocycles. The number of imidazole rings is 1. The third-order valence-corrected chi connectivity index (χ3v) is 7.19. The summed E-state index contributed by atoms with van der Waals surface area (Å²) >= 11 is 0. The molecule has 212 valence electrons. The highest BCUT2D eigenvalue weighted by molar-refractivity contribution is 5.99. The highest BCUT2D eigenvalue weighted by Gasteiger charge is 2.30. The molecule has 1 atom stereocenters. The lowest BCUT2D eigenvalue weighted by Crippen LogP contribution is -2.48. The first kappa shape index (κ1) is 26.2. The number of carbonyl (C=O) groups excluding carboxylic acids is 1. The van der Waals surface area contributed by atoms with Crippen LogP contribution in [0.15, 0.2) is 41.1 Å². The number of halogens is 2. The summed E-state index contributed by atoms with van der Waals surface area (Å²) in [6.45, 7) is -0.515. The quantitative estimate of drug-likeness (QED) is 0.292. The molecule has 2 amide bonds.